The number of anilines is 1. The Morgan fingerprint density at radius 2 is 2.15 bits per heavy atom. The maximum Gasteiger partial charge on any atom is 0.141 e. The quantitative estimate of drug-likeness (QED) is 0.700. The van der Waals surface area contributed by atoms with E-state index in [1.54, 1.807) is 29.4 Å². The van der Waals surface area contributed by atoms with Gasteiger partial charge in [0, 0.05) is 0 Å². The number of hydrogen-bond donors (Lipinski definition) is 1. The Bertz CT molecular complexity index is 406. The fourth-order valence-corrected chi connectivity index (χ4v) is 1.11. The minimum absolute atomic E-state index is 0.469. The predicted molar refractivity (Wildman–Crippen MR) is 50.8 cm³/mol. The van der Waals surface area contributed by atoms with E-state index in [2.05, 4.69) is 9.97 Å². The molecular weight excluding hydrogens is 188 g/mol. The van der Waals surface area contributed by atoms with E-state index < -0.39 is 0 Å². The van der Waals surface area contributed by atoms with Crippen LogP contribution in [0.2, 0.25) is 5.15 Å². The fraction of sp³-hybridized carbons (Fsp3) is 0. The monoisotopic (exact) mass is 194 g/mol. The van der Waals surface area contributed by atoms with Gasteiger partial charge in [-0.3, -0.25) is 0 Å². The van der Waals surface area contributed by atoms with Crippen molar-refractivity contribution in [2.75, 3.05) is 5.73 Å². The molecule has 0 bridgehead atoms. The number of hydrogen-bond acceptors (Lipinski definition) is 3. The van der Waals surface area contributed by atoms with E-state index in [0.29, 0.717) is 11.0 Å². The minimum atomic E-state index is 0.469. The van der Waals surface area contributed by atoms with Gasteiger partial charge >= 0.3 is 0 Å². The third-order valence-corrected chi connectivity index (χ3v) is 1.84. The second kappa shape index (κ2) is 3.06. The maximum atomic E-state index is 5.64. The number of pyridine rings is 1. The van der Waals surface area contributed by atoms with Crippen molar-refractivity contribution in [2.24, 2.45) is 0 Å². The lowest BCUT2D eigenvalue weighted by molar-refractivity contribution is 1.04. The molecule has 2 N–H and O–H groups in total. The highest BCUT2D eigenvalue weighted by Crippen LogP contribution is 2.10. The predicted octanol–water partition coefficient (Wildman–Crippen LogP) is 1.50. The second-order valence-corrected chi connectivity index (χ2v) is 2.93. The molecule has 0 aromatic carbocycles. The molecule has 4 nitrogen and oxygen atoms in total. The summed E-state index contributed by atoms with van der Waals surface area (Å²) in [7, 11) is 0. The molecule has 0 amide bonds. The summed E-state index contributed by atoms with van der Waals surface area (Å²) in [6.07, 6.45) is 4.99. The third kappa shape index (κ3) is 1.62. The number of nitrogen functional groups attached to an aromatic ring is 1. The molecule has 0 fully saturated rings. The van der Waals surface area contributed by atoms with Gasteiger partial charge in [0.15, 0.2) is 0 Å². The smallest absolute Gasteiger partial charge is 0.141 e. The van der Waals surface area contributed by atoms with Crippen LogP contribution >= 0.6 is 11.6 Å². The summed E-state index contributed by atoms with van der Waals surface area (Å²) in [6.45, 7) is 0. The zero-order valence-corrected chi connectivity index (χ0v) is 7.44. The molecule has 0 unspecified atom stereocenters. The van der Waals surface area contributed by atoms with Crippen LogP contribution in [0.4, 0.5) is 5.82 Å². The zero-order chi connectivity index (χ0) is 9.26. The van der Waals surface area contributed by atoms with Gasteiger partial charge in [0.05, 0.1) is 18.1 Å². The summed E-state index contributed by atoms with van der Waals surface area (Å²) in [5.74, 6) is 0.481. The van der Waals surface area contributed by atoms with Crippen molar-refractivity contribution in [3.8, 4) is 5.69 Å². The Morgan fingerprint density at radius 1 is 1.31 bits per heavy atom. The van der Waals surface area contributed by atoms with E-state index in [4.69, 9.17) is 17.3 Å². The van der Waals surface area contributed by atoms with Crippen LogP contribution in [0.25, 0.3) is 5.69 Å². The molecule has 0 atom stereocenters. The zero-order valence-electron chi connectivity index (χ0n) is 6.68. The van der Waals surface area contributed by atoms with E-state index in [1.165, 1.54) is 0 Å². The molecule has 2 aromatic heterocycles. The molecule has 0 radical (unpaired) electrons. The lowest BCUT2D eigenvalue weighted by Crippen LogP contribution is -1.90. The van der Waals surface area contributed by atoms with Crippen LogP contribution in [0, 0.1) is 0 Å². The first-order valence-corrected chi connectivity index (χ1v) is 4.05. The van der Waals surface area contributed by atoms with Gasteiger partial charge in [-0.05, 0) is 12.1 Å². The molecule has 2 rings (SSSR count). The van der Waals surface area contributed by atoms with Crippen LogP contribution in [0.15, 0.2) is 30.9 Å². The second-order valence-electron chi connectivity index (χ2n) is 2.54. The summed E-state index contributed by atoms with van der Waals surface area (Å²) < 4.78 is 1.78. The average Bonchev–Trinajstić information content (AvgIpc) is 2.53. The van der Waals surface area contributed by atoms with Crippen LogP contribution in [0.3, 0.4) is 0 Å². The Hall–Kier alpha value is -1.55. The van der Waals surface area contributed by atoms with Crippen LogP contribution in [-0.2, 0) is 0 Å². The normalized spacial score (nSPS) is 10.2. The SMILES string of the molecule is Nc1cn(-c2ccc(Cl)nc2)cn1. The van der Waals surface area contributed by atoms with E-state index in [1.807, 2.05) is 6.07 Å². The number of aromatic nitrogens is 3. The van der Waals surface area contributed by atoms with Crippen molar-refractivity contribution < 1.29 is 0 Å². The lowest BCUT2D eigenvalue weighted by atomic mass is 10.4. The molecule has 66 valence electrons. The summed E-state index contributed by atoms with van der Waals surface area (Å²) >= 11 is 5.64. The largest absolute Gasteiger partial charge is 0.382 e. The van der Waals surface area contributed by atoms with Crippen LogP contribution in [0.1, 0.15) is 0 Å². The Kier molecular flexibility index (Phi) is 1.90. The number of nitrogens with zero attached hydrogens (tertiary/aromatic N) is 3. The van der Waals surface area contributed by atoms with Crippen molar-refractivity contribution in [3.63, 3.8) is 0 Å². The number of nitrogens with two attached hydrogens (primary N) is 1. The summed E-state index contributed by atoms with van der Waals surface area (Å²) in [6, 6.07) is 3.56. The van der Waals surface area contributed by atoms with E-state index in [9.17, 15) is 0 Å². The first-order chi connectivity index (χ1) is 6.25. The van der Waals surface area contributed by atoms with Gasteiger partial charge in [0.25, 0.3) is 0 Å². The lowest BCUT2D eigenvalue weighted by Gasteiger charge is -1.99. The molecule has 13 heavy (non-hydrogen) atoms. The molecule has 5 heteroatoms. The summed E-state index contributed by atoms with van der Waals surface area (Å²) in [5, 5.41) is 0.469. The molecule has 0 aliphatic carbocycles. The van der Waals surface area contributed by atoms with Gasteiger partial charge < -0.3 is 10.3 Å². The molecule has 0 aliphatic heterocycles. The molecule has 0 aliphatic rings. The van der Waals surface area contributed by atoms with Gasteiger partial charge in [-0.2, -0.15) is 0 Å². The maximum absolute atomic E-state index is 5.64. The number of halogens is 1. The highest BCUT2D eigenvalue weighted by Gasteiger charge is 1.97. The van der Waals surface area contributed by atoms with Gasteiger partial charge in [-0.25, -0.2) is 9.97 Å². The van der Waals surface area contributed by atoms with Gasteiger partial charge in [-0.15, -0.1) is 0 Å². The molecule has 2 aromatic rings. The van der Waals surface area contributed by atoms with Crippen molar-refractivity contribution in [2.45, 2.75) is 0 Å². The topological polar surface area (TPSA) is 56.7 Å². The third-order valence-electron chi connectivity index (χ3n) is 1.61. The van der Waals surface area contributed by atoms with Crippen LogP contribution in [-0.4, -0.2) is 14.5 Å². The van der Waals surface area contributed by atoms with Gasteiger partial charge in [-0.1, -0.05) is 11.6 Å². The molecule has 2 heterocycles. The van der Waals surface area contributed by atoms with E-state index in [0.717, 1.165) is 5.69 Å². The van der Waals surface area contributed by atoms with Crippen molar-refractivity contribution in [3.05, 3.63) is 36.0 Å². The highest BCUT2D eigenvalue weighted by atomic mass is 35.5. The standard InChI is InChI=1S/C8H7ClN4/c9-7-2-1-6(3-11-7)13-4-8(10)12-5-13/h1-5H,10H2. The molecule has 0 saturated carbocycles. The summed E-state index contributed by atoms with van der Waals surface area (Å²) in [4.78, 5) is 7.84. The highest BCUT2D eigenvalue weighted by molar-refractivity contribution is 6.29. The summed E-state index contributed by atoms with van der Waals surface area (Å²) in [5.41, 5.74) is 6.35. The Labute approximate surface area is 80.0 Å². The van der Waals surface area contributed by atoms with Crippen LogP contribution < -0.4 is 5.73 Å². The Balaban J connectivity index is 2.41. The van der Waals surface area contributed by atoms with Crippen molar-refractivity contribution >= 4 is 17.4 Å². The number of imidazole rings is 1. The number of rotatable bonds is 1. The molecular formula is C8H7ClN4. The average molecular weight is 195 g/mol. The van der Waals surface area contributed by atoms with Gasteiger partial charge in [0.1, 0.15) is 17.3 Å². The van der Waals surface area contributed by atoms with Crippen molar-refractivity contribution in [1.82, 2.24) is 14.5 Å². The minimum Gasteiger partial charge on any atom is -0.382 e. The fourth-order valence-electron chi connectivity index (χ4n) is 1.000. The van der Waals surface area contributed by atoms with E-state index >= 15 is 0 Å². The van der Waals surface area contributed by atoms with E-state index in [-0.39, 0.29) is 0 Å². The van der Waals surface area contributed by atoms with Crippen molar-refractivity contribution in [1.29, 1.82) is 0 Å². The van der Waals surface area contributed by atoms with Gasteiger partial charge in [0.2, 0.25) is 0 Å². The first kappa shape index (κ1) is 8.07. The van der Waals surface area contributed by atoms with Crippen LogP contribution in [0.5, 0.6) is 0 Å². The molecule has 0 spiro atoms. The molecule has 0 saturated heterocycles. The Morgan fingerprint density at radius 3 is 2.69 bits per heavy atom. The first-order valence-electron chi connectivity index (χ1n) is 3.67.